The van der Waals surface area contributed by atoms with Crippen LogP contribution in [0.3, 0.4) is 0 Å². The summed E-state index contributed by atoms with van der Waals surface area (Å²) in [7, 11) is 3.33. The van der Waals surface area contributed by atoms with Crippen LogP contribution in [0.15, 0.2) is 30.7 Å². The number of aromatic nitrogens is 2. The second-order valence-electron chi connectivity index (χ2n) is 5.93. The van der Waals surface area contributed by atoms with Gasteiger partial charge in [0.1, 0.15) is 18.1 Å². The average Bonchev–Trinajstić information content (AvgIpc) is 3.17. The van der Waals surface area contributed by atoms with Gasteiger partial charge in [-0.25, -0.2) is 9.78 Å². The summed E-state index contributed by atoms with van der Waals surface area (Å²) in [6.07, 6.45) is 4.87. The number of nitrogens with zero attached hydrogens (tertiary/aromatic N) is 4. The van der Waals surface area contributed by atoms with Crippen molar-refractivity contribution in [3.63, 3.8) is 0 Å². The zero-order valence-corrected chi connectivity index (χ0v) is 14.3. The Morgan fingerprint density at radius 3 is 2.88 bits per heavy atom. The van der Waals surface area contributed by atoms with Gasteiger partial charge in [0.15, 0.2) is 0 Å². The Morgan fingerprint density at radius 1 is 1.44 bits per heavy atom. The highest BCUT2D eigenvalue weighted by Gasteiger charge is 2.23. The Balaban J connectivity index is 1.80. The number of ether oxygens (including phenoxy) is 2. The summed E-state index contributed by atoms with van der Waals surface area (Å²) < 4.78 is 12.0. The summed E-state index contributed by atoms with van der Waals surface area (Å²) in [4.78, 5) is 18.7. The van der Waals surface area contributed by atoms with E-state index in [1.165, 1.54) is 18.0 Å². The minimum absolute atomic E-state index is 0.125. The van der Waals surface area contributed by atoms with Gasteiger partial charge in [-0.05, 0) is 31.0 Å². The maximum atomic E-state index is 12.6. The Bertz CT molecular complexity index is 803. The van der Waals surface area contributed by atoms with E-state index in [2.05, 4.69) is 11.1 Å². The second-order valence-corrected chi connectivity index (χ2v) is 5.93. The van der Waals surface area contributed by atoms with Crippen molar-refractivity contribution in [3.05, 3.63) is 36.3 Å². The summed E-state index contributed by atoms with van der Waals surface area (Å²) >= 11 is 0. The Morgan fingerprint density at radius 2 is 2.20 bits per heavy atom. The molecule has 3 rings (SSSR count). The summed E-state index contributed by atoms with van der Waals surface area (Å²) in [5, 5.41) is 9.20. The lowest BCUT2D eigenvalue weighted by Gasteiger charge is -2.30. The minimum Gasteiger partial charge on any atom is -0.495 e. The first-order valence-electron chi connectivity index (χ1n) is 8.11. The van der Waals surface area contributed by atoms with Crippen LogP contribution in [0.25, 0.3) is 11.3 Å². The SMILES string of the molecule is COc1ccc(-c2cn(C(=O)N(C)C3CCOCC3)cn2)cc1C#N. The molecule has 2 aromatic rings. The van der Waals surface area contributed by atoms with Gasteiger partial charge in [0.2, 0.25) is 0 Å². The van der Waals surface area contributed by atoms with Gasteiger partial charge in [0.05, 0.1) is 18.4 Å². The highest BCUT2D eigenvalue weighted by Crippen LogP contribution is 2.25. The number of nitriles is 1. The van der Waals surface area contributed by atoms with E-state index in [-0.39, 0.29) is 12.1 Å². The first kappa shape index (κ1) is 17.0. The molecule has 1 aliphatic heterocycles. The summed E-state index contributed by atoms with van der Waals surface area (Å²) in [5.74, 6) is 0.515. The maximum Gasteiger partial charge on any atom is 0.329 e. The van der Waals surface area contributed by atoms with Gasteiger partial charge < -0.3 is 14.4 Å². The number of benzene rings is 1. The largest absolute Gasteiger partial charge is 0.495 e. The summed E-state index contributed by atoms with van der Waals surface area (Å²) in [5.41, 5.74) is 1.82. The van der Waals surface area contributed by atoms with Crippen LogP contribution < -0.4 is 4.74 Å². The smallest absolute Gasteiger partial charge is 0.329 e. The molecule has 130 valence electrons. The van der Waals surface area contributed by atoms with E-state index >= 15 is 0 Å². The first-order valence-corrected chi connectivity index (χ1v) is 8.11. The molecule has 0 bridgehead atoms. The van der Waals surface area contributed by atoms with E-state index in [1.54, 1.807) is 30.3 Å². The monoisotopic (exact) mass is 340 g/mol. The third kappa shape index (κ3) is 3.49. The van der Waals surface area contributed by atoms with Crippen molar-refractivity contribution in [2.45, 2.75) is 18.9 Å². The predicted octanol–water partition coefficient (Wildman–Crippen LogP) is 2.51. The molecule has 0 unspecified atom stereocenters. The van der Waals surface area contributed by atoms with Crippen molar-refractivity contribution >= 4 is 6.03 Å². The van der Waals surface area contributed by atoms with Crippen LogP contribution in [0.2, 0.25) is 0 Å². The number of hydrogen-bond donors (Lipinski definition) is 0. The van der Waals surface area contributed by atoms with Gasteiger partial charge in [0.25, 0.3) is 0 Å². The van der Waals surface area contributed by atoms with Crippen molar-refractivity contribution in [3.8, 4) is 23.1 Å². The zero-order chi connectivity index (χ0) is 17.8. The van der Waals surface area contributed by atoms with Gasteiger partial charge in [-0.15, -0.1) is 0 Å². The van der Waals surface area contributed by atoms with Crippen LogP contribution in [0.1, 0.15) is 18.4 Å². The van der Waals surface area contributed by atoms with E-state index in [0.717, 1.165) is 18.4 Å². The zero-order valence-electron chi connectivity index (χ0n) is 14.3. The Kier molecular flexibility index (Phi) is 5.00. The number of methoxy groups -OCH3 is 1. The Labute approximate surface area is 146 Å². The molecule has 25 heavy (non-hydrogen) atoms. The molecule has 0 N–H and O–H groups in total. The molecule has 1 fully saturated rings. The van der Waals surface area contributed by atoms with E-state index in [4.69, 9.17) is 9.47 Å². The van der Waals surface area contributed by atoms with E-state index in [1.807, 2.05) is 6.07 Å². The van der Waals surface area contributed by atoms with Gasteiger partial charge >= 0.3 is 6.03 Å². The van der Waals surface area contributed by atoms with E-state index in [9.17, 15) is 10.1 Å². The highest BCUT2D eigenvalue weighted by atomic mass is 16.5. The average molecular weight is 340 g/mol. The Hall–Kier alpha value is -2.85. The van der Waals surface area contributed by atoms with Crippen molar-refractivity contribution in [2.75, 3.05) is 27.4 Å². The molecule has 1 aromatic carbocycles. The second kappa shape index (κ2) is 7.36. The van der Waals surface area contributed by atoms with Crippen molar-refractivity contribution < 1.29 is 14.3 Å². The molecule has 1 amide bonds. The van der Waals surface area contributed by atoms with Crippen molar-refractivity contribution in [1.29, 1.82) is 5.26 Å². The maximum absolute atomic E-state index is 12.6. The quantitative estimate of drug-likeness (QED) is 0.857. The van der Waals surface area contributed by atoms with Crippen LogP contribution in [0, 0.1) is 11.3 Å². The lowest BCUT2D eigenvalue weighted by atomic mass is 10.1. The number of carbonyl (C=O) groups is 1. The number of amides is 1. The molecule has 7 nitrogen and oxygen atoms in total. The standard InChI is InChI=1S/C18H20N4O3/c1-21(15-5-7-25-8-6-15)18(23)22-11-16(20-12-22)13-3-4-17(24-2)14(9-13)10-19/h3-4,9,11-12,15H,5-8H2,1-2H3. The molecule has 0 atom stereocenters. The predicted molar refractivity (Wildman–Crippen MR) is 91.3 cm³/mol. The minimum atomic E-state index is -0.125. The van der Waals surface area contributed by atoms with Crippen LogP contribution >= 0.6 is 0 Å². The van der Waals surface area contributed by atoms with Gasteiger partial charge in [0, 0.05) is 38.1 Å². The lowest BCUT2D eigenvalue weighted by Crippen LogP contribution is -2.42. The molecule has 7 heteroatoms. The van der Waals surface area contributed by atoms with Crippen LogP contribution in [-0.2, 0) is 4.74 Å². The molecule has 1 aromatic heterocycles. The van der Waals surface area contributed by atoms with E-state index < -0.39 is 0 Å². The number of carbonyl (C=O) groups excluding carboxylic acids is 1. The molecule has 0 aliphatic carbocycles. The molecular weight excluding hydrogens is 320 g/mol. The van der Waals surface area contributed by atoms with Crippen molar-refractivity contribution in [1.82, 2.24) is 14.5 Å². The molecule has 1 aliphatic rings. The molecule has 1 saturated heterocycles. The fourth-order valence-corrected chi connectivity index (χ4v) is 2.94. The molecule has 0 radical (unpaired) electrons. The fraction of sp³-hybridized carbons (Fsp3) is 0.389. The molecule has 2 heterocycles. The van der Waals surface area contributed by atoms with Crippen LogP contribution in [0.4, 0.5) is 4.79 Å². The van der Waals surface area contributed by atoms with Crippen LogP contribution in [-0.4, -0.2) is 53.9 Å². The highest BCUT2D eigenvalue weighted by molar-refractivity contribution is 5.78. The van der Waals surface area contributed by atoms with Crippen LogP contribution in [0.5, 0.6) is 5.75 Å². The number of rotatable bonds is 3. The first-order chi connectivity index (χ1) is 12.1. The third-order valence-electron chi connectivity index (χ3n) is 4.46. The van der Waals surface area contributed by atoms with E-state index in [0.29, 0.717) is 30.2 Å². The molecule has 0 saturated carbocycles. The number of imidazole rings is 1. The molecular formula is C18H20N4O3. The third-order valence-corrected chi connectivity index (χ3v) is 4.46. The van der Waals surface area contributed by atoms with Crippen molar-refractivity contribution in [2.24, 2.45) is 0 Å². The van der Waals surface area contributed by atoms with Gasteiger partial charge in [-0.2, -0.15) is 5.26 Å². The summed E-state index contributed by atoms with van der Waals surface area (Å²) in [6, 6.07) is 7.40. The molecule has 0 spiro atoms. The summed E-state index contributed by atoms with van der Waals surface area (Å²) in [6.45, 7) is 1.36. The van der Waals surface area contributed by atoms with Gasteiger partial charge in [-0.1, -0.05) is 0 Å². The fourth-order valence-electron chi connectivity index (χ4n) is 2.94. The lowest BCUT2D eigenvalue weighted by molar-refractivity contribution is 0.0528. The number of hydrogen-bond acceptors (Lipinski definition) is 5. The van der Waals surface area contributed by atoms with Gasteiger partial charge in [-0.3, -0.25) is 4.57 Å². The topological polar surface area (TPSA) is 80.4 Å². The normalized spacial score (nSPS) is 14.8.